The molecule has 2 nitrogen and oxygen atoms in total. The minimum absolute atomic E-state index is 0.177. The van der Waals surface area contributed by atoms with E-state index in [-0.39, 0.29) is 11.0 Å². The summed E-state index contributed by atoms with van der Waals surface area (Å²) in [6.07, 6.45) is 6.11. The minimum atomic E-state index is -1.85. The van der Waals surface area contributed by atoms with Gasteiger partial charge in [-0.1, -0.05) is 51.1 Å². The molecule has 0 bridgehead atoms. The van der Waals surface area contributed by atoms with Crippen LogP contribution < -0.4 is 4.43 Å². The van der Waals surface area contributed by atoms with Crippen molar-refractivity contribution in [3.63, 3.8) is 0 Å². The Bertz CT molecular complexity index is 582. The third-order valence-electron chi connectivity index (χ3n) is 4.93. The van der Waals surface area contributed by atoms with Gasteiger partial charge in [0.1, 0.15) is 5.75 Å². The monoisotopic (exact) mass is 316 g/mol. The number of aliphatic hydroxyl groups is 1. The van der Waals surface area contributed by atoms with Crippen LogP contribution in [0.15, 0.2) is 36.9 Å². The molecule has 0 heterocycles. The van der Waals surface area contributed by atoms with Crippen molar-refractivity contribution >= 4 is 14.4 Å². The lowest BCUT2D eigenvalue weighted by Crippen LogP contribution is -2.44. The maximum atomic E-state index is 9.83. The van der Waals surface area contributed by atoms with Gasteiger partial charge in [-0.3, -0.25) is 0 Å². The minimum Gasteiger partial charge on any atom is -0.543 e. The number of hydrogen-bond acceptors (Lipinski definition) is 2. The predicted octanol–water partition coefficient (Wildman–Crippen LogP) is 5.12. The lowest BCUT2D eigenvalue weighted by Gasteiger charge is -2.37. The molecule has 120 valence electrons. The first-order valence-corrected chi connectivity index (χ1v) is 10.9. The fourth-order valence-corrected chi connectivity index (χ4v) is 3.49. The zero-order valence-electron chi connectivity index (χ0n) is 14.4. The first kappa shape index (κ1) is 17.0. The van der Waals surface area contributed by atoms with Crippen molar-refractivity contribution in [2.45, 2.75) is 57.3 Å². The molecule has 0 saturated carbocycles. The van der Waals surface area contributed by atoms with E-state index in [1.54, 1.807) is 6.08 Å². The van der Waals surface area contributed by atoms with Gasteiger partial charge in [-0.15, -0.1) is 6.58 Å². The smallest absolute Gasteiger partial charge is 0.250 e. The highest BCUT2D eigenvalue weighted by Crippen LogP contribution is 2.42. The van der Waals surface area contributed by atoms with E-state index in [9.17, 15) is 5.11 Å². The van der Waals surface area contributed by atoms with E-state index in [1.807, 2.05) is 0 Å². The maximum absolute atomic E-state index is 9.83. The first-order chi connectivity index (χ1) is 10.2. The summed E-state index contributed by atoms with van der Waals surface area (Å²) in [4.78, 5) is 0. The fraction of sp³-hybridized carbons (Fsp3) is 0.474. The second kappa shape index (κ2) is 6.05. The van der Waals surface area contributed by atoms with E-state index < -0.39 is 14.4 Å². The van der Waals surface area contributed by atoms with Crippen molar-refractivity contribution in [2.24, 2.45) is 0 Å². The SMILES string of the molecule is C=CC(O)CC1C=Cc2c(O[Si](C)(C)C(C)(C)C)cccc21. The summed E-state index contributed by atoms with van der Waals surface area (Å²) >= 11 is 0. The zero-order chi connectivity index (χ0) is 16.5. The number of allylic oxidation sites excluding steroid dienone is 1. The topological polar surface area (TPSA) is 29.5 Å². The van der Waals surface area contributed by atoms with Crippen molar-refractivity contribution in [2.75, 3.05) is 0 Å². The third-order valence-corrected chi connectivity index (χ3v) is 9.28. The maximum Gasteiger partial charge on any atom is 0.250 e. The van der Waals surface area contributed by atoms with Crippen LogP contribution >= 0.6 is 0 Å². The molecule has 22 heavy (non-hydrogen) atoms. The van der Waals surface area contributed by atoms with Gasteiger partial charge < -0.3 is 9.53 Å². The number of aliphatic hydroxyl groups excluding tert-OH is 1. The van der Waals surface area contributed by atoms with Crippen LogP contribution in [0.2, 0.25) is 18.1 Å². The highest BCUT2D eigenvalue weighted by atomic mass is 28.4. The fourth-order valence-electron chi connectivity index (χ4n) is 2.46. The molecule has 0 spiro atoms. The highest BCUT2D eigenvalue weighted by molar-refractivity contribution is 6.74. The molecule has 1 aliphatic rings. The second-order valence-corrected chi connectivity index (χ2v) is 12.4. The number of benzene rings is 1. The molecule has 3 heteroatoms. The predicted molar refractivity (Wildman–Crippen MR) is 96.9 cm³/mol. The summed E-state index contributed by atoms with van der Waals surface area (Å²) in [6.45, 7) is 14.9. The van der Waals surface area contributed by atoms with Crippen molar-refractivity contribution in [3.8, 4) is 5.75 Å². The van der Waals surface area contributed by atoms with Crippen molar-refractivity contribution < 1.29 is 9.53 Å². The van der Waals surface area contributed by atoms with Crippen LogP contribution in [-0.2, 0) is 0 Å². The lowest BCUT2D eigenvalue weighted by atomic mass is 9.95. The van der Waals surface area contributed by atoms with Crippen molar-refractivity contribution in [1.82, 2.24) is 0 Å². The largest absolute Gasteiger partial charge is 0.543 e. The normalized spacial score (nSPS) is 18.9. The zero-order valence-corrected chi connectivity index (χ0v) is 15.4. The summed E-state index contributed by atoms with van der Waals surface area (Å²) in [7, 11) is -1.85. The Balaban J connectivity index is 2.28. The van der Waals surface area contributed by atoms with Crippen LogP contribution in [0.4, 0.5) is 0 Å². The van der Waals surface area contributed by atoms with Gasteiger partial charge in [-0.25, -0.2) is 0 Å². The molecular weight excluding hydrogens is 288 g/mol. The number of rotatable bonds is 5. The molecule has 2 rings (SSSR count). The average Bonchev–Trinajstić information content (AvgIpc) is 2.81. The van der Waals surface area contributed by atoms with E-state index in [2.05, 4.69) is 70.8 Å². The molecule has 0 radical (unpaired) electrons. The Hall–Kier alpha value is -1.32. The Morgan fingerprint density at radius 2 is 2.05 bits per heavy atom. The van der Waals surface area contributed by atoms with E-state index in [4.69, 9.17) is 4.43 Å². The van der Waals surface area contributed by atoms with Gasteiger partial charge in [-0.2, -0.15) is 0 Å². The Morgan fingerprint density at radius 3 is 2.64 bits per heavy atom. The standard InChI is InChI=1S/C19H28O2Si/c1-7-15(20)13-14-11-12-17-16(14)9-8-10-18(17)21-22(5,6)19(2,3)4/h7-12,14-15,20H,1,13H2,2-6H3. The Morgan fingerprint density at radius 1 is 1.36 bits per heavy atom. The Kier molecular flexibility index (Phi) is 4.69. The summed E-state index contributed by atoms with van der Waals surface area (Å²) in [5, 5.41) is 10.0. The van der Waals surface area contributed by atoms with Crippen LogP contribution in [0.3, 0.4) is 0 Å². The van der Waals surface area contributed by atoms with E-state index >= 15 is 0 Å². The van der Waals surface area contributed by atoms with Gasteiger partial charge in [0.15, 0.2) is 0 Å². The summed E-state index contributed by atoms with van der Waals surface area (Å²) in [5.41, 5.74) is 2.42. The highest BCUT2D eigenvalue weighted by Gasteiger charge is 2.39. The van der Waals surface area contributed by atoms with Gasteiger partial charge in [0.05, 0.1) is 6.10 Å². The molecule has 1 aliphatic carbocycles. The van der Waals surface area contributed by atoms with Crippen molar-refractivity contribution in [1.29, 1.82) is 0 Å². The molecule has 0 amide bonds. The first-order valence-electron chi connectivity index (χ1n) is 7.96. The third kappa shape index (κ3) is 3.36. The molecule has 0 saturated heterocycles. The van der Waals surface area contributed by atoms with E-state index in [0.29, 0.717) is 6.42 Å². The molecule has 0 aliphatic heterocycles. The summed E-state index contributed by atoms with van der Waals surface area (Å²) in [5.74, 6) is 1.22. The van der Waals surface area contributed by atoms with Crippen molar-refractivity contribution in [3.05, 3.63) is 48.1 Å². The van der Waals surface area contributed by atoms with Crippen LogP contribution in [0.5, 0.6) is 5.75 Å². The molecule has 0 aromatic heterocycles. The van der Waals surface area contributed by atoms with Crippen LogP contribution in [0.25, 0.3) is 6.08 Å². The van der Waals surface area contributed by atoms with Gasteiger partial charge in [0.25, 0.3) is 8.32 Å². The molecule has 1 aromatic rings. The lowest BCUT2D eigenvalue weighted by molar-refractivity contribution is 0.208. The second-order valence-electron chi connectivity index (χ2n) is 7.63. The van der Waals surface area contributed by atoms with Crippen LogP contribution in [-0.4, -0.2) is 19.5 Å². The molecule has 1 N–H and O–H groups in total. The van der Waals surface area contributed by atoms with Gasteiger partial charge in [0.2, 0.25) is 0 Å². The quantitative estimate of drug-likeness (QED) is 0.603. The van der Waals surface area contributed by atoms with E-state index in [0.717, 1.165) is 5.75 Å². The Labute approximate surface area is 135 Å². The van der Waals surface area contributed by atoms with Crippen LogP contribution in [0.1, 0.15) is 44.2 Å². The molecule has 0 fully saturated rings. The van der Waals surface area contributed by atoms with Gasteiger partial charge in [0, 0.05) is 11.5 Å². The van der Waals surface area contributed by atoms with Gasteiger partial charge in [-0.05, 0) is 36.2 Å². The molecule has 2 atom stereocenters. The molecule has 1 aromatic carbocycles. The molecule has 2 unspecified atom stereocenters. The summed E-state index contributed by atoms with van der Waals surface area (Å²) in [6, 6.07) is 6.26. The van der Waals surface area contributed by atoms with Crippen LogP contribution in [0, 0.1) is 0 Å². The number of hydrogen-bond donors (Lipinski definition) is 1. The average molecular weight is 317 g/mol. The van der Waals surface area contributed by atoms with E-state index in [1.165, 1.54) is 11.1 Å². The summed E-state index contributed by atoms with van der Waals surface area (Å²) < 4.78 is 6.49. The van der Waals surface area contributed by atoms with Gasteiger partial charge >= 0.3 is 0 Å². The number of fused-ring (bicyclic) bond motifs is 1. The molecular formula is C19H28O2Si.